The first kappa shape index (κ1) is 24.1. The summed E-state index contributed by atoms with van der Waals surface area (Å²) in [6, 6.07) is 21.4. The Hall–Kier alpha value is -2.07. The predicted octanol–water partition coefficient (Wildman–Crippen LogP) is 9.79. The molecule has 0 spiro atoms. The van der Waals surface area contributed by atoms with Crippen LogP contribution in [0.15, 0.2) is 48.5 Å². The second-order valence-corrected chi connectivity index (χ2v) is 11.0. The standard InChI is InChI=1S/C32H43N/c1-3-5-21-32(24-33)22-19-31(20-23-32)30-17-15-29(16-18-30)28-13-11-27(12-14-28)26-9-7-25(6-4-2)8-10-26/h11-18,25-26,31H,3-10,19-23H2,1-2H3. The van der Waals surface area contributed by atoms with Crippen LogP contribution in [0.3, 0.4) is 0 Å². The van der Waals surface area contributed by atoms with E-state index in [2.05, 4.69) is 68.4 Å². The van der Waals surface area contributed by atoms with Gasteiger partial charge in [0.05, 0.1) is 11.5 Å². The van der Waals surface area contributed by atoms with Gasteiger partial charge in [0.2, 0.25) is 0 Å². The number of hydrogen-bond acceptors (Lipinski definition) is 1. The Balaban J connectivity index is 1.34. The summed E-state index contributed by atoms with van der Waals surface area (Å²) in [6.07, 6.45) is 16.2. The first-order valence-electron chi connectivity index (χ1n) is 13.8. The fourth-order valence-electron chi connectivity index (χ4n) is 6.52. The van der Waals surface area contributed by atoms with E-state index in [1.165, 1.54) is 73.6 Å². The van der Waals surface area contributed by atoms with Crippen molar-refractivity contribution in [2.45, 2.75) is 109 Å². The zero-order valence-corrected chi connectivity index (χ0v) is 21.0. The van der Waals surface area contributed by atoms with Crippen molar-refractivity contribution in [1.29, 1.82) is 5.26 Å². The van der Waals surface area contributed by atoms with Crippen molar-refractivity contribution in [1.82, 2.24) is 0 Å². The summed E-state index contributed by atoms with van der Waals surface area (Å²) in [4.78, 5) is 0. The van der Waals surface area contributed by atoms with Crippen molar-refractivity contribution in [3.05, 3.63) is 59.7 Å². The Bertz CT molecular complexity index is 885. The van der Waals surface area contributed by atoms with Crippen LogP contribution in [0.25, 0.3) is 11.1 Å². The molecule has 4 rings (SSSR count). The highest BCUT2D eigenvalue weighted by molar-refractivity contribution is 5.64. The third kappa shape index (κ3) is 5.90. The first-order chi connectivity index (χ1) is 16.2. The Morgan fingerprint density at radius 3 is 1.70 bits per heavy atom. The molecule has 0 N–H and O–H groups in total. The highest BCUT2D eigenvalue weighted by atomic mass is 14.4. The van der Waals surface area contributed by atoms with Gasteiger partial charge in [-0.1, -0.05) is 88.1 Å². The van der Waals surface area contributed by atoms with Crippen LogP contribution in [0.2, 0.25) is 0 Å². The lowest BCUT2D eigenvalue weighted by Crippen LogP contribution is -2.25. The largest absolute Gasteiger partial charge is 0.198 e. The monoisotopic (exact) mass is 441 g/mol. The maximum Gasteiger partial charge on any atom is 0.0689 e. The van der Waals surface area contributed by atoms with E-state index >= 15 is 0 Å². The zero-order valence-electron chi connectivity index (χ0n) is 21.0. The van der Waals surface area contributed by atoms with Crippen molar-refractivity contribution >= 4 is 0 Å². The maximum atomic E-state index is 9.77. The predicted molar refractivity (Wildman–Crippen MR) is 140 cm³/mol. The topological polar surface area (TPSA) is 23.8 Å². The van der Waals surface area contributed by atoms with Gasteiger partial charge in [0.1, 0.15) is 0 Å². The summed E-state index contributed by atoms with van der Waals surface area (Å²) < 4.78 is 0. The summed E-state index contributed by atoms with van der Waals surface area (Å²) in [6.45, 7) is 4.55. The molecule has 0 bridgehead atoms. The minimum absolute atomic E-state index is 0.0521. The van der Waals surface area contributed by atoms with Crippen LogP contribution in [-0.4, -0.2) is 0 Å². The van der Waals surface area contributed by atoms with Gasteiger partial charge >= 0.3 is 0 Å². The summed E-state index contributed by atoms with van der Waals surface area (Å²) in [5.41, 5.74) is 5.60. The third-order valence-corrected chi connectivity index (χ3v) is 8.83. The van der Waals surface area contributed by atoms with E-state index in [0.717, 1.165) is 43.9 Å². The van der Waals surface area contributed by atoms with E-state index < -0.39 is 0 Å². The molecular weight excluding hydrogens is 398 g/mol. The Labute approximate surface area is 202 Å². The van der Waals surface area contributed by atoms with Crippen molar-refractivity contribution in [3.8, 4) is 17.2 Å². The molecule has 2 fully saturated rings. The molecule has 0 unspecified atom stereocenters. The molecule has 0 heterocycles. The van der Waals surface area contributed by atoms with Gasteiger partial charge < -0.3 is 0 Å². The minimum Gasteiger partial charge on any atom is -0.198 e. The molecule has 33 heavy (non-hydrogen) atoms. The second kappa shape index (κ2) is 11.4. The average Bonchev–Trinajstić information content (AvgIpc) is 2.89. The Morgan fingerprint density at radius 2 is 1.24 bits per heavy atom. The van der Waals surface area contributed by atoms with Crippen molar-refractivity contribution < 1.29 is 0 Å². The second-order valence-electron chi connectivity index (χ2n) is 11.0. The number of nitriles is 1. The van der Waals surface area contributed by atoms with Crippen LogP contribution in [0.4, 0.5) is 0 Å². The normalized spacial score (nSPS) is 27.7. The lowest BCUT2D eigenvalue weighted by molar-refractivity contribution is 0.224. The van der Waals surface area contributed by atoms with Gasteiger partial charge in [0, 0.05) is 0 Å². The van der Waals surface area contributed by atoms with Gasteiger partial charge in [-0.15, -0.1) is 0 Å². The van der Waals surface area contributed by atoms with E-state index in [1.54, 1.807) is 0 Å². The van der Waals surface area contributed by atoms with Crippen molar-refractivity contribution in [3.63, 3.8) is 0 Å². The Kier molecular flexibility index (Phi) is 8.29. The molecule has 0 atom stereocenters. The molecule has 1 nitrogen and oxygen atoms in total. The fourth-order valence-corrected chi connectivity index (χ4v) is 6.52. The first-order valence-corrected chi connectivity index (χ1v) is 13.8. The quantitative estimate of drug-likeness (QED) is 0.400. The molecule has 0 radical (unpaired) electrons. The molecule has 2 aliphatic carbocycles. The number of hydrogen-bond donors (Lipinski definition) is 0. The zero-order chi connectivity index (χ0) is 23.1. The van der Waals surface area contributed by atoms with Crippen LogP contribution in [-0.2, 0) is 0 Å². The molecule has 2 saturated carbocycles. The lowest BCUT2D eigenvalue weighted by atomic mass is 9.67. The molecular formula is C32H43N. The van der Waals surface area contributed by atoms with E-state index in [-0.39, 0.29) is 5.41 Å². The lowest BCUT2D eigenvalue weighted by Gasteiger charge is -2.35. The molecule has 0 aromatic heterocycles. The van der Waals surface area contributed by atoms with Crippen molar-refractivity contribution in [2.24, 2.45) is 11.3 Å². The molecule has 0 saturated heterocycles. The van der Waals surface area contributed by atoms with E-state index in [1.807, 2.05) is 0 Å². The van der Waals surface area contributed by atoms with Crippen molar-refractivity contribution in [2.75, 3.05) is 0 Å². The van der Waals surface area contributed by atoms with E-state index in [0.29, 0.717) is 5.92 Å². The number of rotatable bonds is 8. The fraction of sp³-hybridized carbons (Fsp3) is 0.594. The SMILES string of the molecule is CCCCC1(C#N)CCC(c2ccc(-c3ccc(C4CCC(CCC)CC4)cc3)cc2)CC1. The van der Waals surface area contributed by atoms with Gasteiger partial charge in [-0.3, -0.25) is 0 Å². The molecule has 2 aliphatic rings. The van der Waals surface area contributed by atoms with Crippen LogP contribution in [0.5, 0.6) is 0 Å². The van der Waals surface area contributed by atoms with Crippen LogP contribution in [0, 0.1) is 22.7 Å². The smallest absolute Gasteiger partial charge is 0.0689 e. The molecule has 0 amide bonds. The molecule has 0 aliphatic heterocycles. The number of unbranched alkanes of at least 4 members (excludes halogenated alkanes) is 1. The summed E-state index contributed by atoms with van der Waals surface area (Å²) in [5, 5.41) is 9.77. The average molecular weight is 442 g/mol. The van der Waals surface area contributed by atoms with Gasteiger partial charge in [-0.25, -0.2) is 0 Å². The molecule has 1 heteroatoms. The van der Waals surface area contributed by atoms with E-state index in [4.69, 9.17) is 0 Å². The molecule has 176 valence electrons. The van der Waals surface area contributed by atoms with Crippen LogP contribution < -0.4 is 0 Å². The number of nitrogens with zero attached hydrogens (tertiary/aromatic N) is 1. The Morgan fingerprint density at radius 1 is 0.727 bits per heavy atom. The number of benzene rings is 2. The van der Waals surface area contributed by atoms with Crippen LogP contribution in [0.1, 0.15) is 120 Å². The van der Waals surface area contributed by atoms with Gasteiger partial charge in [-0.05, 0) is 97.8 Å². The highest BCUT2D eigenvalue weighted by Crippen LogP contribution is 2.46. The van der Waals surface area contributed by atoms with Gasteiger partial charge in [0.15, 0.2) is 0 Å². The van der Waals surface area contributed by atoms with Gasteiger partial charge in [0.25, 0.3) is 0 Å². The summed E-state index contributed by atoms with van der Waals surface area (Å²) >= 11 is 0. The van der Waals surface area contributed by atoms with Crippen LogP contribution >= 0.6 is 0 Å². The summed E-state index contributed by atoms with van der Waals surface area (Å²) in [5.74, 6) is 2.35. The van der Waals surface area contributed by atoms with Gasteiger partial charge in [-0.2, -0.15) is 5.26 Å². The summed E-state index contributed by atoms with van der Waals surface area (Å²) in [7, 11) is 0. The maximum absolute atomic E-state index is 9.77. The van der Waals surface area contributed by atoms with E-state index in [9.17, 15) is 5.26 Å². The molecule has 2 aromatic rings. The minimum atomic E-state index is -0.0521. The highest BCUT2D eigenvalue weighted by Gasteiger charge is 2.35. The third-order valence-electron chi connectivity index (χ3n) is 8.83. The molecule has 2 aromatic carbocycles.